The molecule has 2 aromatic rings. The highest BCUT2D eigenvalue weighted by molar-refractivity contribution is 6.31. The van der Waals surface area contributed by atoms with Gasteiger partial charge in [-0.15, -0.1) is 4.59 Å². The van der Waals surface area contributed by atoms with Gasteiger partial charge in [-0.05, 0) is 30.3 Å². The molecule has 7 heteroatoms. The molecule has 2 aliphatic heterocycles. The Labute approximate surface area is 177 Å². The minimum absolute atomic E-state index is 0.0169. The summed E-state index contributed by atoms with van der Waals surface area (Å²) in [4.78, 5) is 9.05. The van der Waals surface area contributed by atoms with Crippen LogP contribution in [0.2, 0.25) is 5.02 Å². The summed E-state index contributed by atoms with van der Waals surface area (Å²) in [6.07, 6.45) is 11.1. The van der Waals surface area contributed by atoms with Crippen LogP contribution in [-0.4, -0.2) is 16.6 Å². The maximum atomic E-state index is 14.0. The van der Waals surface area contributed by atoms with E-state index >= 15 is 0 Å². The van der Waals surface area contributed by atoms with E-state index < -0.39 is 5.82 Å². The molecule has 3 aliphatic rings. The maximum Gasteiger partial charge on any atom is 0.265 e. The lowest BCUT2D eigenvalue weighted by atomic mass is 10.0. The van der Waals surface area contributed by atoms with Crippen LogP contribution in [0.15, 0.2) is 100 Å². The summed E-state index contributed by atoms with van der Waals surface area (Å²) in [5.41, 5.74) is 3.72. The summed E-state index contributed by atoms with van der Waals surface area (Å²) in [6, 6.07) is 12.0. The van der Waals surface area contributed by atoms with Crippen LogP contribution in [0.5, 0.6) is 5.75 Å². The predicted octanol–water partition coefficient (Wildman–Crippen LogP) is 4.77. The zero-order valence-electron chi connectivity index (χ0n) is 15.8. The molecule has 0 amide bonds. The van der Waals surface area contributed by atoms with Crippen molar-refractivity contribution < 1.29 is 13.7 Å². The van der Waals surface area contributed by atoms with Crippen molar-refractivity contribution in [1.82, 2.24) is 0 Å². The molecule has 0 fully saturated rings. The fourth-order valence-corrected chi connectivity index (χ4v) is 3.71. The molecule has 1 aliphatic carbocycles. The molecule has 2 N–H and O–H groups in total. The van der Waals surface area contributed by atoms with Gasteiger partial charge in [0, 0.05) is 11.1 Å². The monoisotopic (exact) mass is 419 g/mol. The van der Waals surface area contributed by atoms with E-state index in [0.717, 1.165) is 22.5 Å². The standard InChI is InChI=1S/C23H17ClFN4O/c24-19-8-3-9-20(25)18(19)14-30-17-7-2-6-16(12-17)23-28-22(15-4-1-5-15)21-13-27-10-11-29(21,23)26/h1-13H,14,26H2/q+1. The topological polar surface area (TPSA) is 60.0 Å². The first-order valence-corrected chi connectivity index (χ1v) is 9.71. The average Bonchev–Trinajstić information content (AvgIpc) is 2.99. The highest BCUT2D eigenvalue weighted by Crippen LogP contribution is 2.36. The molecule has 2 heterocycles. The Kier molecular flexibility index (Phi) is 4.47. The highest BCUT2D eigenvalue weighted by Gasteiger charge is 2.44. The highest BCUT2D eigenvalue weighted by atomic mass is 35.5. The number of benzene rings is 2. The summed E-state index contributed by atoms with van der Waals surface area (Å²) in [7, 11) is 0. The van der Waals surface area contributed by atoms with Gasteiger partial charge in [-0.2, -0.15) is 10.8 Å². The molecule has 0 spiro atoms. The van der Waals surface area contributed by atoms with Crippen LogP contribution in [0.25, 0.3) is 0 Å². The Bertz CT molecular complexity index is 1220. The number of nitrogens with two attached hydrogens (primary N) is 1. The van der Waals surface area contributed by atoms with Gasteiger partial charge in [0.2, 0.25) is 5.70 Å². The molecule has 1 atom stereocenters. The number of hydrogen-bond acceptors (Lipinski definition) is 4. The molecule has 1 unspecified atom stereocenters. The van der Waals surface area contributed by atoms with E-state index in [9.17, 15) is 4.39 Å². The molecule has 148 valence electrons. The normalized spacial score (nSPS) is 21.3. The fourth-order valence-electron chi connectivity index (χ4n) is 3.49. The quantitative estimate of drug-likeness (QED) is 0.560. The summed E-state index contributed by atoms with van der Waals surface area (Å²) >= 11 is 6.10. The van der Waals surface area contributed by atoms with Gasteiger partial charge in [-0.1, -0.05) is 42.0 Å². The van der Waals surface area contributed by atoms with E-state index in [-0.39, 0.29) is 11.2 Å². The molecule has 0 saturated heterocycles. The Hall–Kier alpha value is -3.32. The van der Waals surface area contributed by atoms with Crippen LogP contribution >= 0.6 is 11.6 Å². The van der Waals surface area contributed by atoms with Crippen molar-refractivity contribution in [3.05, 3.63) is 112 Å². The molecular weight excluding hydrogens is 403 g/mol. The van der Waals surface area contributed by atoms with Crippen LogP contribution in [0.4, 0.5) is 4.39 Å². The van der Waals surface area contributed by atoms with Gasteiger partial charge in [0.25, 0.3) is 5.84 Å². The van der Waals surface area contributed by atoms with Crippen molar-refractivity contribution >= 4 is 23.7 Å². The van der Waals surface area contributed by atoms with Crippen LogP contribution in [0.1, 0.15) is 11.1 Å². The smallest absolute Gasteiger partial charge is 0.265 e. The number of hydrogen-bond donors (Lipinski definition) is 1. The third kappa shape index (κ3) is 3.02. The first-order valence-electron chi connectivity index (χ1n) is 9.33. The van der Waals surface area contributed by atoms with E-state index in [2.05, 4.69) is 4.99 Å². The van der Waals surface area contributed by atoms with Gasteiger partial charge >= 0.3 is 0 Å². The Morgan fingerprint density at radius 2 is 2.00 bits per heavy atom. The fraction of sp³-hybridized carbons (Fsp3) is 0.0435. The zero-order valence-corrected chi connectivity index (χ0v) is 16.6. The van der Waals surface area contributed by atoms with Gasteiger partial charge in [0.05, 0.1) is 23.0 Å². The minimum atomic E-state index is -0.400. The Morgan fingerprint density at radius 3 is 2.77 bits per heavy atom. The average molecular weight is 420 g/mol. The van der Waals surface area contributed by atoms with Crippen molar-refractivity contribution in [2.45, 2.75) is 6.61 Å². The second kappa shape index (κ2) is 7.18. The number of nitrogens with zero attached hydrogens (tertiary/aromatic N) is 3. The minimum Gasteiger partial charge on any atom is -0.489 e. The van der Waals surface area contributed by atoms with E-state index in [1.165, 1.54) is 6.07 Å². The molecule has 5 nitrogen and oxygen atoms in total. The lowest BCUT2D eigenvalue weighted by Gasteiger charge is -2.26. The number of halogens is 2. The number of allylic oxidation sites excluding steroid dienone is 4. The number of aliphatic imine (C=N–C) groups is 2. The van der Waals surface area contributed by atoms with Gasteiger partial charge in [0.15, 0.2) is 0 Å². The van der Waals surface area contributed by atoms with Crippen molar-refractivity contribution in [2.24, 2.45) is 15.8 Å². The van der Waals surface area contributed by atoms with Gasteiger partial charge in [-0.3, -0.25) is 4.99 Å². The maximum absolute atomic E-state index is 14.0. The Balaban J connectivity index is 1.46. The van der Waals surface area contributed by atoms with E-state index in [4.69, 9.17) is 27.2 Å². The Morgan fingerprint density at radius 1 is 1.17 bits per heavy atom. The van der Waals surface area contributed by atoms with Crippen molar-refractivity contribution in [3.63, 3.8) is 0 Å². The number of quaternary nitrogens is 1. The largest absolute Gasteiger partial charge is 0.489 e. The molecule has 30 heavy (non-hydrogen) atoms. The molecule has 0 bridgehead atoms. The predicted molar refractivity (Wildman–Crippen MR) is 115 cm³/mol. The molecule has 0 radical (unpaired) electrons. The number of fused-ring (bicyclic) bond motifs is 1. The van der Waals surface area contributed by atoms with Crippen LogP contribution in [0, 0.1) is 5.82 Å². The summed E-state index contributed by atoms with van der Waals surface area (Å²) in [5.74, 6) is 7.53. The SMILES string of the molecule is N[N+]12C=CN=CC1=C(C1=CC=C1)N=C2c1cccc(OCc2c(F)cccc2Cl)c1. The van der Waals surface area contributed by atoms with Crippen molar-refractivity contribution in [2.75, 3.05) is 0 Å². The number of rotatable bonds is 5. The van der Waals surface area contributed by atoms with Crippen LogP contribution < -0.4 is 10.6 Å². The number of amidine groups is 1. The summed E-state index contributed by atoms with van der Waals surface area (Å²) in [5, 5.41) is 0.329. The van der Waals surface area contributed by atoms with Crippen LogP contribution in [0.3, 0.4) is 0 Å². The lowest BCUT2D eigenvalue weighted by molar-refractivity contribution is -0.750. The number of ether oxygens (including phenoxy) is 1. The summed E-state index contributed by atoms with van der Waals surface area (Å²) in [6.45, 7) is 0.0169. The molecular formula is C23H17ClFN4O+. The first-order chi connectivity index (χ1) is 14.6. The second-order valence-corrected chi connectivity index (χ2v) is 7.43. The molecule has 5 rings (SSSR count). The second-order valence-electron chi connectivity index (χ2n) is 7.02. The van der Waals surface area contributed by atoms with Crippen molar-refractivity contribution in [1.29, 1.82) is 0 Å². The van der Waals surface area contributed by atoms with Gasteiger partial charge in [0.1, 0.15) is 30.1 Å². The van der Waals surface area contributed by atoms with E-state index in [1.807, 2.05) is 36.4 Å². The van der Waals surface area contributed by atoms with E-state index in [1.54, 1.807) is 36.8 Å². The van der Waals surface area contributed by atoms with Gasteiger partial charge < -0.3 is 4.74 Å². The first kappa shape index (κ1) is 18.7. The van der Waals surface area contributed by atoms with Crippen molar-refractivity contribution in [3.8, 4) is 5.75 Å². The molecule has 2 aromatic carbocycles. The molecule has 0 aromatic heterocycles. The zero-order chi connectivity index (χ0) is 20.7. The lowest BCUT2D eigenvalue weighted by Crippen LogP contribution is -2.53. The summed E-state index contributed by atoms with van der Waals surface area (Å²) < 4.78 is 19.8. The molecule has 0 saturated carbocycles. The van der Waals surface area contributed by atoms with E-state index in [0.29, 0.717) is 22.2 Å². The third-order valence-corrected chi connectivity index (χ3v) is 5.51. The van der Waals surface area contributed by atoms with Gasteiger partial charge in [-0.25, -0.2) is 4.39 Å². The van der Waals surface area contributed by atoms with Crippen LogP contribution in [-0.2, 0) is 6.61 Å². The third-order valence-electron chi connectivity index (χ3n) is 5.16.